The first-order valence-corrected chi connectivity index (χ1v) is 15.9. The first kappa shape index (κ1) is 30.6. The van der Waals surface area contributed by atoms with Crippen molar-refractivity contribution in [3.8, 4) is 5.69 Å². The third-order valence-electron chi connectivity index (χ3n) is 8.04. The Hall–Kier alpha value is -3.40. The zero-order valence-electron chi connectivity index (χ0n) is 26.6. The van der Waals surface area contributed by atoms with Gasteiger partial charge in [0.05, 0.1) is 17.1 Å². The Labute approximate surface area is 248 Å². The van der Waals surface area contributed by atoms with Gasteiger partial charge in [0.15, 0.2) is 0 Å². The highest BCUT2D eigenvalue weighted by Gasteiger charge is 2.21. The molecule has 0 spiro atoms. The molecule has 218 valence electrons. The lowest BCUT2D eigenvalue weighted by Crippen LogP contribution is -2.28. The summed E-state index contributed by atoms with van der Waals surface area (Å²) in [5.74, 6) is 0.774. The molecule has 4 rings (SSSR count). The Morgan fingerprint density at radius 1 is 0.756 bits per heavy atom. The molecular weight excluding hydrogens is 500 g/mol. The molecule has 0 radical (unpaired) electrons. The molecule has 0 bridgehead atoms. The van der Waals surface area contributed by atoms with Gasteiger partial charge in [-0.3, -0.25) is 9.13 Å². The first-order chi connectivity index (χ1) is 19.9. The molecule has 0 unspecified atom stereocenters. The normalized spacial score (nSPS) is 14.7. The summed E-state index contributed by atoms with van der Waals surface area (Å²) in [7, 11) is 0. The lowest BCUT2D eigenvalue weighted by molar-refractivity contribution is 0.768. The number of amidine groups is 1. The Kier molecular flexibility index (Phi) is 10.8. The quantitative estimate of drug-likeness (QED) is 0.168. The number of nitrogens with zero attached hydrogens (tertiary/aromatic N) is 4. The standard InChI is InChI=1S/C37H50N4/c1-8-15-30-21-13-22-31(16-9-2)35(30)40-25-26-41(36-32(17-10-3)23-14-24-33(36)18-11-4)37(40)39-29(7)38-34-27(5)19-12-20-28(34)6/h12-13,19-23,25-26H,8-11,14-18,24H2,1-7H3. The van der Waals surface area contributed by atoms with Crippen LogP contribution < -0.4 is 5.62 Å². The number of benzene rings is 2. The minimum Gasteiger partial charge on any atom is -0.285 e. The van der Waals surface area contributed by atoms with Crippen LogP contribution in [-0.2, 0) is 12.8 Å². The van der Waals surface area contributed by atoms with E-state index < -0.39 is 0 Å². The van der Waals surface area contributed by atoms with Crippen LogP contribution in [-0.4, -0.2) is 15.0 Å². The minimum atomic E-state index is 0.774. The summed E-state index contributed by atoms with van der Waals surface area (Å²) in [4.78, 5) is 10.4. The molecule has 2 aromatic carbocycles. The molecule has 0 aliphatic heterocycles. The van der Waals surface area contributed by atoms with Crippen molar-refractivity contribution >= 4 is 17.2 Å². The Bertz CT molecular complexity index is 1460. The average Bonchev–Trinajstić information content (AvgIpc) is 3.34. The van der Waals surface area contributed by atoms with E-state index >= 15 is 0 Å². The fourth-order valence-electron chi connectivity index (χ4n) is 6.27. The number of hydrogen-bond acceptors (Lipinski definition) is 1. The van der Waals surface area contributed by atoms with Crippen LogP contribution in [0.5, 0.6) is 0 Å². The van der Waals surface area contributed by atoms with E-state index in [-0.39, 0.29) is 0 Å². The van der Waals surface area contributed by atoms with E-state index in [9.17, 15) is 0 Å². The maximum Gasteiger partial charge on any atom is 0.220 e. The highest BCUT2D eigenvalue weighted by Crippen LogP contribution is 2.34. The summed E-state index contributed by atoms with van der Waals surface area (Å²) >= 11 is 0. The molecule has 4 nitrogen and oxygen atoms in total. The number of aliphatic imine (C=N–C) groups is 1. The van der Waals surface area contributed by atoms with Gasteiger partial charge in [-0.05, 0) is 92.7 Å². The molecule has 1 heterocycles. The molecule has 0 amide bonds. The number of imidazole rings is 1. The van der Waals surface area contributed by atoms with E-state index in [0.29, 0.717) is 0 Å². The van der Waals surface area contributed by atoms with Gasteiger partial charge >= 0.3 is 0 Å². The summed E-state index contributed by atoms with van der Waals surface area (Å²) in [6.07, 6.45) is 18.0. The largest absolute Gasteiger partial charge is 0.285 e. The minimum absolute atomic E-state index is 0.774. The van der Waals surface area contributed by atoms with Gasteiger partial charge in [-0.25, -0.2) is 4.99 Å². The molecule has 41 heavy (non-hydrogen) atoms. The fraction of sp³-hybridized carbons (Fsp3) is 0.459. The zero-order chi connectivity index (χ0) is 29.4. The maximum absolute atomic E-state index is 5.35. The molecule has 3 aromatic rings. The average molecular weight is 551 g/mol. The van der Waals surface area contributed by atoms with Crippen LogP contribution in [0, 0.1) is 13.8 Å². The number of aryl methyl sites for hydroxylation is 4. The molecule has 0 saturated carbocycles. The second-order valence-corrected chi connectivity index (χ2v) is 11.5. The molecular formula is C37H50N4. The van der Waals surface area contributed by atoms with E-state index in [1.807, 2.05) is 6.92 Å². The van der Waals surface area contributed by atoms with Crippen LogP contribution in [0.3, 0.4) is 0 Å². The van der Waals surface area contributed by atoms with Crippen molar-refractivity contribution in [2.45, 2.75) is 113 Å². The van der Waals surface area contributed by atoms with Gasteiger partial charge in [0.25, 0.3) is 0 Å². The van der Waals surface area contributed by atoms with Crippen LogP contribution in [0.4, 0.5) is 5.69 Å². The fourth-order valence-corrected chi connectivity index (χ4v) is 6.27. The molecule has 1 aliphatic carbocycles. The lowest BCUT2D eigenvalue weighted by atomic mass is 9.90. The predicted octanol–water partition coefficient (Wildman–Crippen LogP) is 9.98. The lowest BCUT2D eigenvalue weighted by Gasteiger charge is -2.23. The van der Waals surface area contributed by atoms with Gasteiger partial charge in [0.1, 0.15) is 5.84 Å². The summed E-state index contributed by atoms with van der Waals surface area (Å²) in [5, 5.41) is 0. The zero-order valence-corrected chi connectivity index (χ0v) is 26.6. The van der Waals surface area contributed by atoms with Crippen molar-refractivity contribution in [2.75, 3.05) is 0 Å². The van der Waals surface area contributed by atoms with E-state index in [2.05, 4.69) is 106 Å². The van der Waals surface area contributed by atoms with Gasteiger partial charge in [-0.1, -0.05) is 95.9 Å². The summed E-state index contributed by atoms with van der Waals surface area (Å²) in [5.41, 5.74) is 12.8. The number of hydrogen-bond donors (Lipinski definition) is 0. The molecule has 0 N–H and O–H groups in total. The van der Waals surface area contributed by atoms with Crippen molar-refractivity contribution in [3.05, 3.63) is 93.9 Å². The van der Waals surface area contributed by atoms with Crippen LogP contribution >= 0.6 is 0 Å². The van der Waals surface area contributed by atoms with Crippen molar-refractivity contribution in [1.29, 1.82) is 0 Å². The summed E-state index contributed by atoms with van der Waals surface area (Å²) in [6, 6.07) is 13.2. The van der Waals surface area contributed by atoms with E-state index in [0.717, 1.165) is 81.3 Å². The van der Waals surface area contributed by atoms with Crippen LogP contribution in [0.2, 0.25) is 0 Å². The van der Waals surface area contributed by atoms with Crippen LogP contribution in [0.25, 0.3) is 11.4 Å². The third kappa shape index (κ3) is 6.92. The van der Waals surface area contributed by atoms with E-state index in [1.165, 1.54) is 39.2 Å². The predicted molar refractivity (Wildman–Crippen MR) is 176 cm³/mol. The number of rotatable bonds is 11. The number of allylic oxidation sites excluding steroid dienone is 4. The topological polar surface area (TPSA) is 34.6 Å². The van der Waals surface area contributed by atoms with Gasteiger partial charge in [0.2, 0.25) is 5.62 Å². The second kappa shape index (κ2) is 14.5. The molecule has 1 aliphatic rings. The first-order valence-electron chi connectivity index (χ1n) is 15.9. The van der Waals surface area contributed by atoms with Gasteiger partial charge in [-0.15, -0.1) is 0 Å². The number of para-hydroxylation sites is 2. The monoisotopic (exact) mass is 550 g/mol. The van der Waals surface area contributed by atoms with Gasteiger partial charge in [-0.2, -0.15) is 4.99 Å². The smallest absolute Gasteiger partial charge is 0.220 e. The number of aromatic nitrogens is 2. The van der Waals surface area contributed by atoms with E-state index in [4.69, 9.17) is 9.98 Å². The van der Waals surface area contributed by atoms with Crippen molar-refractivity contribution in [3.63, 3.8) is 0 Å². The van der Waals surface area contributed by atoms with Crippen molar-refractivity contribution in [1.82, 2.24) is 9.13 Å². The van der Waals surface area contributed by atoms with Crippen molar-refractivity contribution < 1.29 is 0 Å². The SMILES string of the molecule is CCCC1=CCCC(CCC)=C1n1ccn(-c2c(CCC)cccc2CCC)c1=NC(C)=Nc1c(C)cccc1C. The molecule has 0 saturated heterocycles. The highest BCUT2D eigenvalue weighted by atomic mass is 15.2. The Morgan fingerprint density at radius 2 is 1.34 bits per heavy atom. The molecule has 0 atom stereocenters. The summed E-state index contributed by atoms with van der Waals surface area (Å²) < 4.78 is 4.74. The maximum atomic E-state index is 5.35. The van der Waals surface area contributed by atoms with Gasteiger partial charge in [0, 0.05) is 12.4 Å². The van der Waals surface area contributed by atoms with Crippen molar-refractivity contribution in [2.24, 2.45) is 9.98 Å². The Morgan fingerprint density at radius 3 is 1.95 bits per heavy atom. The Balaban J connectivity index is 2.06. The molecule has 1 aromatic heterocycles. The second-order valence-electron chi connectivity index (χ2n) is 11.5. The van der Waals surface area contributed by atoms with E-state index in [1.54, 1.807) is 5.57 Å². The molecule has 0 fully saturated rings. The summed E-state index contributed by atoms with van der Waals surface area (Å²) in [6.45, 7) is 15.4. The van der Waals surface area contributed by atoms with Crippen LogP contribution in [0.1, 0.15) is 108 Å². The third-order valence-corrected chi connectivity index (χ3v) is 8.04. The van der Waals surface area contributed by atoms with Gasteiger partial charge < -0.3 is 0 Å². The van der Waals surface area contributed by atoms with Crippen LogP contribution in [0.15, 0.2) is 76.0 Å². The highest BCUT2D eigenvalue weighted by molar-refractivity contribution is 5.84. The molecule has 4 heteroatoms.